The van der Waals surface area contributed by atoms with Gasteiger partial charge in [-0.1, -0.05) is 30.3 Å². The number of methoxy groups -OCH3 is 2. The zero-order chi connectivity index (χ0) is 24.6. The van der Waals surface area contributed by atoms with Crippen molar-refractivity contribution in [3.8, 4) is 11.5 Å². The van der Waals surface area contributed by atoms with Gasteiger partial charge in [0.05, 0.1) is 56.2 Å². The van der Waals surface area contributed by atoms with Crippen molar-refractivity contribution in [1.29, 1.82) is 0 Å². The first-order valence-electron chi connectivity index (χ1n) is 11.4. The minimum atomic E-state index is -3.58. The molecule has 2 heterocycles. The van der Waals surface area contributed by atoms with Gasteiger partial charge in [-0.2, -0.15) is 4.31 Å². The second kappa shape index (κ2) is 9.29. The van der Waals surface area contributed by atoms with E-state index in [0.717, 1.165) is 15.7 Å². The number of hydrogen-bond donors (Lipinski definition) is 2. The van der Waals surface area contributed by atoms with Crippen molar-refractivity contribution in [1.82, 2.24) is 14.3 Å². The van der Waals surface area contributed by atoms with Crippen LogP contribution in [0.4, 0.5) is 0 Å². The molecule has 182 valence electrons. The van der Waals surface area contributed by atoms with Crippen molar-refractivity contribution in [3.05, 3.63) is 70.8 Å². The highest BCUT2D eigenvalue weighted by Crippen LogP contribution is 2.30. The summed E-state index contributed by atoms with van der Waals surface area (Å²) in [5.74, 6) is 1.52. The summed E-state index contributed by atoms with van der Waals surface area (Å²) in [4.78, 5) is 21.6. The number of ether oxygens (including phenoxy) is 2. The fraction of sp³-hybridized carbons (Fsp3) is 0.280. The van der Waals surface area contributed by atoms with E-state index in [1.807, 2.05) is 30.3 Å². The number of sulfonamides is 1. The summed E-state index contributed by atoms with van der Waals surface area (Å²) in [5.41, 5.74) is 0.279. The highest BCUT2D eigenvalue weighted by molar-refractivity contribution is 7.89. The number of aromatic amines is 1. The predicted octanol–water partition coefficient (Wildman–Crippen LogP) is 1.18. The van der Waals surface area contributed by atoms with E-state index >= 15 is 0 Å². The lowest BCUT2D eigenvalue weighted by Crippen LogP contribution is -3.13. The van der Waals surface area contributed by atoms with Gasteiger partial charge in [0.1, 0.15) is 6.54 Å². The van der Waals surface area contributed by atoms with Crippen LogP contribution in [-0.2, 0) is 16.6 Å². The Hall–Kier alpha value is -3.47. The van der Waals surface area contributed by atoms with E-state index < -0.39 is 10.0 Å². The van der Waals surface area contributed by atoms with Crippen molar-refractivity contribution < 1.29 is 22.8 Å². The Morgan fingerprint density at radius 1 is 0.971 bits per heavy atom. The molecule has 4 aromatic rings. The molecule has 10 heteroatoms. The molecule has 0 bridgehead atoms. The zero-order valence-corrected chi connectivity index (χ0v) is 20.4. The Morgan fingerprint density at radius 3 is 2.37 bits per heavy atom. The van der Waals surface area contributed by atoms with Gasteiger partial charge in [0.2, 0.25) is 10.0 Å². The van der Waals surface area contributed by atoms with Crippen LogP contribution >= 0.6 is 0 Å². The van der Waals surface area contributed by atoms with Gasteiger partial charge in [-0.15, -0.1) is 0 Å². The molecule has 0 saturated carbocycles. The number of piperazine rings is 1. The Balaban J connectivity index is 1.31. The van der Waals surface area contributed by atoms with Crippen molar-refractivity contribution >= 4 is 31.7 Å². The summed E-state index contributed by atoms with van der Waals surface area (Å²) < 4.78 is 38.6. The largest absolute Gasteiger partial charge is 0.493 e. The quantitative estimate of drug-likeness (QED) is 0.416. The summed E-state index contributed by atoms with van der Waals surface area (Å²) in [6.45, 7) is 2.50. The van der Waals surface area contributed by atoms with Crippen molar-refractivity contribution in [2.75, 3.05) is 40.4 Å². The van der Waals surface area contributed by atoms with Gasteiger partial charge in [0.25, 0.3) is 5.56 Å². The molecule has 0 amide bonds. The highest BCUT2D eigenvalue weighted by Gasteiger charge is 2.31. The Morgan fingerprint density at radius 2 is 1.66 bits per heavy atom. The summed E-state index contributed by atoms with van der Waals surface area (Å²) in [6, 6.07) is 16.3. The Labute approximate surface area is 203 Å². The van der Waals surface area contributed by atoms with Crippen molar-refractivity contribution in [2.24, 2.45) is 0 Å². The molecule has 5 rings (SSSR count). The summed E-state index contributed by atoms with van der Waals surface area (Å²) in [7, 11) is -0.527. The molecule has 0 spiro atoms. The third-order valence-corrected chi connectivity index (χ3v) is 8.36. The highest BCUT2D eigenvalue weighted by atomic mass is 32.2. The van der Waals surface area contributed by atoms with E-state index in [2.05, 4.69) is 9.97 Å². The number of nitrogens with zero attached hydrogens (tertiary/aromatic N) is 2. The minimum Gasteiger partial charge on any atom is -0.493 e. The molecule has 1 fully saturated rings. The monoisotopic (exact) mass is 495 g/mol. The van der Waals surface area contributed by atoms with Crippen LogP contribution in [0, 0.1) is 0 Å². The molecular formula is C25H27N4O5S+. The normalized spacial score (nSPS) is 15.5. The van der Waals surface area contributed by atoms with Crippen LogP contribution in [-0.4, -0.2) is 63.1 Å². The molecule has 0 aliphatic carbocycles. The lowest BCUT2D eigenvalue weighted by atomic mass is 10.1. The number of quaternary nitrogens is 1. The lowest BCUT2D eigenvalue weighted by Gasteiger charge is -2.31. The fourth-order valence-electron chi connectivity index (χ4n) is 4.53. The molecule has 1 aromatic heterocycles. The summed E-state index contributed by atoms with van der Waals surface area (Å²) >= 11 is 0. The van der Waals surface area contributed by atoms with Crippen LogP contribution in [0.15, 0.2) is 64.3 Å². The second-order valence-corrected chi connectivity index (χ2v) is 10.5. The number of H-pyrrole nitrogens is 1. The van der Waals surface area contributed by atoms with E-state index in [1.54, 1.807) is 24.3 Å². The van der Waals surface area contributed by atoms with Crippen LogP contribution in [0.1, 0.15) is 5.82 Å². The van der Waals surface area contributed by atoms with Crippen LogP contribution in [0.25, 0.3) is 21.7 Å². The Bertz CT molecular complexity index is 1560. The van der Waals surface area contributed by atoms with E-state index in [9.17, 15) is 13.2 Å². The average molecular weight is 496 g/mol. The maximum Gasteiger partial charge on any atom is 0.259 e. The number of aromatic nitrogens is 2. The van der Waals surface area contributed by atoms with Crippen LogP contribution in [0.3, 0.4) is 0 Å². The van der Waals surface area contributed by atoms with Gasteiger partial charge in [-0.05, 0) is 29.0 Å². The maximum atomic E-state index is 13.2. The van der Waals surface area contributed by atoms with Gasteiger partial charge in [-0.25, -0.2) is 13.4 Å². The fourth-order valence-corrected chi connectivity index (χ4v) is 6.01. The second-order valence-electron chi connectivity index (χ2n) is 8.58. The molecule has 9 nitrogen and oxygen atoms in total. The molecule has 2 N–H and O–H groups in total. The lowest BCUT2D eigenvalue weighted by molar-refractivity contribution is -0.917. The topological polar surface area (TPSA) is 106 Å². The van der Waals surface area contributed by atoms with Crippen LogP contribution in [0.5, 0.6) is 11.5 Å². The first-order chi connectivity index (χ1) is 16.9. The van der Waals surface area contributed by atoms with Crippen molar-refractivity contribution in [2.45, 2.75) is 11.4 Å². The summed E-state index contributed by atoms with van der Waals surface area (Å²) in [5, 5.41) is 2.33. The number of rotatable bonds is 6. The predicted molar refractivity (Wildman–Crippen MR) is 133 cm³/mol. The molecule has 0 unspecified atom stereocenters. The Kier molecular flexibility index (Phi) is 6.18. The molecular weight excluding hydrogens is 468 g/mol. The van der Waals surface area contributed by atoms with E-state index in [4.69, 9.17) is 9.47 Å². The van der Waals surface area contributed by atoms with Gasteiger partial charge in [-0.3, -0.25) is 4.79 Å². The van der Waals surface area contributed by atoms with Gasteiger partial charge < -0.3 is 19.4 Å². The maximum absolute atomic E-state index is 13.2. The summed E-state index contributed by atoms with van der Waals surface area (Å²) in [6.07, 6.45) is 0. The number of hydrogen-bond acceptors (Lipinski definition) is 6. The number of fused-ring (bicyclic) bond motifs is 2. The third-order valence-electron chi connectivity index (χ3n) is 6.47. The first-order valence-corrected chi connectivity index (χ1v) is 12.8. The van der Waals surface area contributed by atoms with Crippen molar-refractivity contribution in [3.63, 3.8) is 0 Å². The van der Waals surface area contributed by atoms with E-state index in [-0.39, 0.29) is 5.56 Å². The number of nitrogens with one attached hydrogen (secondary N) is 2. The van der Waals surface area contributed by atoms with Gasteiger partial charge in [0, 0.05) is 6.07 Å². The average Bonchev–Trinajstić information content (AvgIpc) is 2.88. The minimum absolute atomic E-state index is 0.247. The number of benzene rings is 3. The van der Waals surface area contributed by atoms with Gasteiger partial charge in [0.15, 0.2) is 17.3 Å². The molecule has 3 aromatic carbocycles. The zero-order valence-electron chi connectivity index (χ0n) is 19.6. The molecule has 0 atom stereocenters. The standard InChI is InChI=1S/C25H26N4O5S/c1-33-22-14-20-21(15-23(22)34-2)26-24(27-25(20)30)16-28-9-11-29(12-10-28)35(31,32)19-8-7-17-5-3-4-6-18(17)13-19/h3-8,13-15H,9-12,16H2,1-2H3,(H,26,27,30)/p+1. The smallest absolute Gasteiger partial charge is 0.259 e. The SMILES string of the molecule is COc1cc2nc(C[NH+]3CCN(S(=O)(=O)c4ccc5ccccc5c4)CC3)[nH]c(=O)c2cc1OC. The van der Waals surface area contributed by atoms with Crippen LogP contribution in [0.2, 0.25) is 0 Å². The molecule has 35 heavy (non-hydrogen) atoms. The molecule has 0 radical (unpaired) electrons. The van der Waals surface area contributed by atoms with E-state index in [1.165, 1.54) is 18.5 Å². The first kappa shape index (κ1) is 23.3. The van der Waals surface area contributed by atoms with Crippen LogP contribution < -0.4 is 19.9 Å². The molecule has 1 aliphatic rings. The molecule has 1 saturated heterocycles. The van der Waals surface area contributed by atoms with E-state index in [0.29, 0.717) is 65.8 Å². The molecule has 1 aliphatic heterocycles. The van der Waals surface area contributed by atoms with Gasteiger partial charge >= 0.3 is 0 Å². The third kappa shape index (κ3) is 4.47.